The summed E-state index contributed by atoms with van der Waals surface area (Å²) in [5.41, 5.74) is 4.12. The van der Waals surface area contributed by atoms with Crippen molar-refractivity contribution < 1.29 is 5.11 Å². The molecule has 2 N–H and O–H groups in total. The van der Waals surface area contributed by atoms with Crippen molar-refractivity contribution in [1.82, 2.24) is 29.5 Å². The molecule has 0 bridgehead atoms. The largest absolute Gasteiger partial charge is 0.508 e. The van der Waals surface area contributed by atoms with Gasteiger partial charge in [0.15, 0.2) is 5.65 Å². The average molecular weight is 443 g/mol. The Balaban J connectivity index is 1.42. The zero-order chi connectivity index (χ0) is 21.8. The third-order valence-corrected chi connectivity index (χ3v) is 6.81. The van der Waals surface area contributed by atoms with Crippen LogP contribution < -0.4 is 5.56 Å². The number of aromatic hydroxyl groups is 1. The van der Waals surface area contributed by atoms with E-state index >= 15 is 0 Å². The number of nitrogens with zero attached hydrogens (tertiary/aromatic N) is 5. The van der Waals surface area contributed by atoms with Crippen molar-refractivity contribution in [2.45, 2.75) is 13.0 Å². The van der Waals surface area contributed by atoms with E-state index in [9.17, 15) is 9.90 Å². The van der Waals surface area contributed by atoms with Gasteiger partial charge in [0.1, 0.15) is 16.3 Å². The molecule has 0 atom stereocenters. The van der Waals surface area contributed by atoms with E-state index < -0.39 is 0 Å². The summed E-state index contributed by atoms with van der Waals surface area (Å²) in [6.45, 7) is 0.362. The predicted octanol–water partition coefficient (Wildman–Crippen LogP) is 3.57. The number of rotatable bonds is 4. The number of thiazole rings is 1. The highest BCUT2D eigenvalue weighted by atomic mass is 32.1. The molecule has 6 aromatic rings. The second kappa shape index (κ2) is 7.03. The average Bonchev–Trinajstić information content (AvgIpc) is 3.47. The minimum atomic E-state index is -0.148. The summed E-state index contributed by atoms with van der Waals surface area (Å²) in [5.74, 6) is 0.241. The van der Waals surface area contributed by atoms with Crippen molar-refractivity contribution in [3.05, 3.63) is 81.3 Å². The van der Waals surface area contributed by atoms with Gasteiger partial charge in [0.25, 0.3) is 5.56 Å². The van der Waals surface area contributed by atoms with E-state index in [1.165, 1.54) is 4.68 Å². The molecule has 4 aromatic heterocycles. The van der Waals surface area contributed by atoms with Crippen LogP contribution in [0, 0.1) is 0 Å². The van der Waals surface area contributed by atoms with Crippen molar-refractivity contribution in [2.24, 2.45) is 7.05 Å². The molecule has 0 unspecified atom stereocenters. The SMILES string of the molecule is Cn1c2nc(Cc3cccc(O)c3)sc2c2cnn(Cc3cccc4[nH]ncc34)c(=O)c21. The van der Waals surface area contributed by atoms with Crippen LogP contribution in [0.5, 0.6) is 5.75 Å². The van der Waals surface area contributed by atoms with Crippen LogP contribution in [0.4, 0.5) is 0 Å². The quantitative estimate of drug-likeness (QED) is 0.435. The molecule has 0 aliphatic heterocycles. The van der Waals surface area contributed by atoms with E-state index in [-0.39, 0.29) is 11.3 Å². The van der Waals surface area contributed by atoms with Gasteiger partial charge >= 0.3 is 0 Å². The molecular weight excluding hydrogens is 424 g/mol. The summed E-state index contributed by atoms with van der Waals surface area (Å²) in [6, 6.07) is 13.1. The lowest BCUT2D eigenvalue weighted by Gasteiger charge is -2.07. The first-order chi connectivity index (χ1) is 15.6. The van der Waals surface area contributed by atoms with E-state index in [0.717, 1.165) is 42.8 Å². The lowest BCUT2D eigenvalue weighted by atomic mass is 10.1. The Hall–Kier alpha value is -3.98. The summed E-state index contributed by atoms with van der Waals surface area (Å²) in [4.78, 5) is 18.1. The smallest absolute Gasteiger partial charge is 0.291 e. The first-order valence-corrected chi connectivity index (χ1v) is 10.9. The number of aromatic nitrogens is 6. The number of benzene rings is 2. The fourth-order valence-corrected chi connectivity index (χ4v) is 5.33. The Bertz CT molecular complexity index is 1690. The molecule has 6 rings (SSSR count). The zero-order valence-electron chi connectivity index (χ0n) is 17.1. The van der Waals surface area contributed by atoms with Gasteiger partial charge in [-0.3, -0.25) is 9.89 Å². The van der Waals surface area contributed by atoms with Crippen molar-refractivity contribution >= 4 is 43.5 Å². The normalized spacial score (nSPS) is 11.8. The third kappa shape index (κ3) is 2.89. The molecule has 0 fully saturated rings. The van der Waals surface area contributed by atoms with Crippen molar-refractivity contribution in [2.75, 3.05) is 0 Å². The van der Waals surface area contributed by atoms with Crippen LogP contribution in [0.1, 0.15) is 16.1 Å². The molecule has 158 valence electrons. The van der Waals surface area contributed by atoms with Crippen LogP contribution in [0.25, 0.3) is 32.2 Å². The van der Waals surface area contributed by atoms with Gasteiger partial charge in [-0.1, -0.05) is 24.3 Å². The first kappa shape index (κ1) is 18.8. The van der Waals surface area contributed by atoms with Gasteiger partial charge in [-0.15, -0.1) is 11.3 Å². The summed E-state index contributed by atoms with van der Waals surface area (Å²) >= 11 is 1.56. The van der Waals surface area contributed by atoms with Crippen molar-refractivity contribution in [1.29, 1.82) is 0 Å². The monoisotopic (exact) mass is 442 g/mol. The second-order valence-corrected chi connectivity index (χ2v) is 8.87. The lowest BCUT2D eigenvalue weighted by molar-refractivity contribution is 0.474. The molecular formula is C23H18N6O2S. The standard InChI is InChI=1S/C23H18N6O2S/c1-28-20-17(21-22(28)26-19(32-21)9-13-4-2-6-15(30)8-13)11-25-29(23(20)31)12-14-5-3-7-18-16(14)10-24-27-18/h2-8,10-11,30H,9,12H2,1H3,(H,24,27). The third-order valence-electron chi connectivity index (χ3n) is 5.73. The van der Waals surface area contributed by atoms with Gasteiger partial charge in [0.2, 0.25) is 0 Å². The number of hydrogen-bond donors (Lipinski definition) is 2. The number of phenolic OH excluding ortho intramolecular Hbond substituents is 1. The highest BCUT2D eigenvalue weighted by Gasteiger charge is 2.19. The topological polar surface area (TPSA) is 102 Å². The lowest BCUT2D eigenvalue weighted by Crippen LogP contribution is -2.24. The number of fused-ring (bicyclic) bond motifs is 4. The highest BCUT2D eigenvalue weighted by Crippen LogP contribution is 2.32. The summed E-state index contributed by atoms with van der Waals surface area (Å²) < 4.78 is 4.29. The van der Waals surface area contributed by atoms with E-state index in [1.807, 2.05) is 41.9 Å². The minimum absolute atomic E-state index is 0.148. The maximum Gasteiger partial charge on any atom is 0.291 e. The molecule has 4 heterocycles. The Morgan fingerprint density at radius 2 is 2.00 bits per heavy atom. The fourth-order valence-electron chi connectivity index (χ4n) is 4.19. The van der Waals surface area contributed by atoms with Gasteiger partial charge in [0.05, 0.1) is 29.2 Å². The van der Waals surface area contributed by atoms with E-state index in [1.54, 1.807) is 35.9 Å². The summed E-state index contributed by atoms with van der Waals surface area (Å²) in [6.07, 6.45) is 4.14. The first-order valence-electron chi connectivity index (χ1n) is 10.1. The Morgan fingerprint density at radius 3 is 2.88 bits per heavy atom. The van der Waals surface area contributed by atoms with E-state index in [2.05, 4.69) is 15.3 Å². The second-order valence-electron chi connectivity index (χ2n) is 7.78. The molecule has 0 amide bonds. The Morgan fingerprint density at radius 1 is 1.12 bits per heavy atom. The van der Waals surface area contributed by atoms with Crippen molar-refractivity contribution in [3.63, 3.8) is 0 Å². The van der Waals surface area contributed by atoms with Gasteiger partial charge in [-0.05, 0) is 29.3 Å². The maximum absolute atomic E-state index is 13.3. The van der Waals surface area contributed by atoms with Crippen molar-refractivity contribution in [3.8, 4) is 5.75 Å². The fraction of sp³-hybridized carbons (Fsp3) is 0.130. The Labute approximate surface area is 185 Å². The number of hydrogen-bond acceptors (Lipinski definition) is 6. The van der Waals surface area contributed by atoms with Crippen LogP contribution in [0.2, 0.25) is 0 Å². The predicted molar refractivity (Wildman–Crippen MR) is 124 cm³/mol. The maximum atomic E-state index is 13.3. The molecule has 8 nitrogen and oxygen atoms in total. The molecule has 32 heavy (non-hydrogen) atoms. The van der Waals surface area contributed by atoms with Gasteiger partial charge in [-0.2, -0.15) is 10.2 Å². The van der Waals surface area contributed by atoms with Gasteiger partial charge in [-0.25, -0.2) is 9.67 Å². The minimum Gasteiger partial charge on any atom is -0.508 e. The van der Waals surface area contributed by atoms with E-state index in [0.29, 0.717) is 18.5 Å². The summed E-state index contributed by atoms with van der Waals surface area (Å²) in [5, 5.41) is 23.9. The number of nitrogens with one attached hydrogen (secondary N) is 1. The Kier molecular flexibility index (Phi) is 4.12. The number of H-pyrrole nitrogens is 1. The highest BCUT2D eigenvalue weighted by molar-refractivity contribution is 7.19. The van der Waals surface area contributed by atoms with Gasteiger partial charge < -0.3 is 9.67 Å². The molecule has 0 aliphatic carbocycles. The van der Waals surface area contributed by atoms with E-state index in [4.69, 9.17) is 4.98 Å². The molecule has 0 saturated carbocycles. The zero-order valence-corrected chi connectivity index (χ0v) is 17.9. The molecule has 0 radical (unpaired) electrons. The summed E-state index contributed by atoms with van der Waals surface area (Å²) in [7, 11) is 1.87. The number of phenols is 1. The van der Waals surface area contributed by atoms with Crippen LogP contribution in [0.15, 0.2) is 59.7 Å². The molecule has 2 aromatic carbocycles. The number of aryl methyl sites for hydroxylation is 1. The van der Waals surface area contributed by atoms with Gasteiger partial charge in [0, 0.05) is 24.2 Å². The van der Waals surface area contributed by atoms with Crippen LogP contribution in [-0.2, 0) is 20.0 Å². The van der Waals surface area contributed by atoms with Crippen LogP contribution in [-0.4, -0.2) is 34.6 Å². The molecule has 9 heteroatoms. The number of aromatic amines is 1. The van der Waals surface area contributed by atoms with Crippen LogP contribution >= 0.6 is 11.3 Å². The molecule has 0 aliphatic rings. The molecule has 0 saturated heterocycles. The van der Waals surface area contributed by atoms with Crippen LogP contribution in [0.3, 0.4) is 0 Å². The molecule has 0 spiro atoms.